The number of hydrogen-bond donors (Lipinski definition) is 2. The van der Waals surface area contributed by atoms with Crippen LogP contribution < -0.4 is 16.0 Å². The molecule has 0 saturated carbocycles. The molecule has 2 aliphatic rings. The van der Waals surface area contributed by atoms with Crippen molar-refractivity contribution in [3.05, 3.63) is 5.56 Å². The summed E-state index contributed by atoms with van der Waals surface area (Å²) in [5.74, 6) is 0.182. The number of hydrogen-bond acceptors (Lipinski definition) is 6. The van der Waals surface area contributed by atoms with Gasteiger partial charge >= 0.3 is 0 Å². The summed E-state index contributed by atoms with van der Waals surface area (Å²) in [7, 11) is 0. The van der Waals surface area contributed by atoms with Gasteiger partial charge in [-0.05, 0) is 38.2 Å². The second-order valence-electron chi connectivity index (χ2n) is 5.74. The van der Waals surface area contributed by atoms with Crippen molar-refractivity contribution in [2.24, 2.45) is 0 Å². The second-order valence-corrected chi connectivity index (χ2v) is 6.49. The van der Waals surface area contributed by atoms with E-state index < -0.39 is 0 Å². The largest absolute Gasteiger partial charge is 0.382 e. The normalized spacial score (nSPS) is 25.2. The highest BCUT2D eigenvalue weighted by atomic mass is 32.1. The Kier molecular flexibility index (Phi) is 3.55. The molecule has 0 aliphatic carbocycles. The van der Waals surface area contributed by atoms with Gasteiger partial charge in [0.05, 0.1) is 12.2 Å². The minimum absolute atomic E-state index is 0.0792. The standard InChI is InChI=1S/C13H20N4O2S/c1-7(2)15-12(18)10-11(14)16-20-13(10)17-5-8-3-4-9(6-17)19-8/h7-9H,3-6H2,1-2H3,(H2,14,16)(H,15,18). The number of nitrogens with zero attached hydrogens (tertiary/aromatic N) is 2. The number of nitrogen functional groups attached to an aromatic ring is 1. The van der Waals surface area contributed by atoms with Crippen LogP contribution in [0.15, 0.2) is 0 Å². The van der Waals surface area contributed by atoms with Crippen LogP contribution in [0.25, 0.3) is 0 Å². The average molecular weight is 296 g/mol. The van der Waals surface area contributed by atoms with Crippen molar-refractivity contribution < 1.29 is 9.53 Å². The zero-order valence-electron chi connectivity index (χ0n) is 11.8. The quantitative estimate of drug-likeness (QED) is 0.877. The first-order valence-corrected chi connectivity index (χ1v) is 7.78. The molecule has 2 saturated heterocycles. The number of nitrogens with one attached hydrogen (secondary N) is 1. The molecule has 1 aromatic rings. The summed E-state index contributed by atoms with van der Waals surface area (Å²) in [4.78, 5) is 14.5. The highest BCUT2D eigenvalue weighted by Gasteiger charge is 2.36. The van der Waals surface area contributed by atoms with E-state index in [1.165, 1.54) is 11.5 Å². The van der Waals surface area contributed by atoms with Gasteiger partial charge in [0.15, 0.2) is 5.82 Å². The fourth-order valence-electron chi connectivity index (χ4n) is 2.84. The van der Waals surface area contributed by atoms with Crippen LogP contribution in [-0.4, -0.2) is 41.6 Å². The molecular weight excluding hydrogens is 276 g/mol. The van der Waals surface area contributed by atoms with Crippen molar-refractivity contribution in [1.29, 1.82) is 0 Å². The highest BCUT2D eigenvalue weighted by molar-refractivity contribution is 7.11. The predicted octanol–water partition coefficient (Wildman–Crippen LogP) is 1.23. The third-order valence-corrected chi connectivity index (χ3v) is 4.60. The van der Waals surface area contributed by atoms with Gasteiger partial charge < -0.3 is 20.7 Å². The van der Waals surface area contributed by atoms with E-state index in [9.17, 15) is 4.79 Å². The fourth-order valence-corrected chi connectivity index (χ4v) is 3.67. The van der Waals surface area contributed by atoms with Gasteiger partial charge in [0, 0.05) is 19.1 Å². The monoisotopic (exact) mass is 296 g/mol. The van der Waals surface area contributed by atoms with Gasteiger partial charge in [-0.25, -0.2) is 0 Å². The Morgan fingerprint density at radius 1 is 1.45 bits per heavy atom. The van der Waals surface area contributed by atoms with E-state index in [2.05, 4.69) is 14.6 Å². The van der Waals surface area contributed by atoms with E-state index in [0.717, 1.165) is 30.9 Å². The molecule has 7 heteroatoms. The van der Waals surface area contributed by atoms with Crippen LogP contribution >= 0.6 is 11.5 Å². The Balaban J connectivity index is 1.85. The van der Waals surface area contributed by atoms with Crippen LogP contribution in [0, 0.1) is 0 Å². The molecule has 1 aromatic heterocycles. The van der Waals surface area contributed by atoms with E-state index in [1.54, 1.807) is 0 Å². The molecule has 1 amide bonds. The van der Waals surface area contributed by atoms with E-state index in [0.29, 0.717) is 11.4 Å². The van der Waals surface area contributed by atoms with Crippen molar-refractivity contribution in [3.8, 4) is 0 Å². The average Bonchev–Trinajstić information content (AvgIpc) is 2.91. The number of amides is 1. The smallest absolute Gasteiger partial charge is 0.258 e. The maximum absolute atomic E-state index is 12.3. The summed E-state index contributed by atoms with van der Waals surface area (Å²) in [6.45, 7) is 5.51. The Bertz CT molecular complexity index is 504. The molecule has 2 bridgehead atoms. The third-order valence-electron chi connectivity index (χ3n) is 3.68. The van der Waals surface area contributed by atoms with Crippen LogP contribution in [0.3, 0.4) is 0 Å². The summed E-state index contributed by atoms with van der Waals surface area (Å²) in [5.41, 5.74) is 6.41. The zero-order valence-corrected chi connectivity index (χ0v) is 12.6. The number of anilines is 2. The molecule has 20 heavy (non-hydrogen) atoms. The number of ether oxygens (including phenoxy) is 1. The molecule has 2 aliphatic heterocycles. The number of fused-ring (bicyclic) bond motifs is 2. The molecular formula is C13H20N4O2S. The number of rotatable bonds is 3. The third kappa shape index (κ3) is 2.47. The number of carbonyl (C=O) groups excluding carboxylic acids is 1. The number of nitrogens with two attached hydrogens (primary N) is 1. The van der Waals surface area contributed by atoms with Crippen LogP contribution in [0.5, 0.6) is 0 Å². The van der Waals surface area contributed by atoms with Crippen LogP contribution in [0.4, 0.5) is 10.8 Å². The van der Waals surface area contributed by atoms with Gasteiger partial charge in [0.2, 0.25) is 0 Å². The molecule has 2 atom stereocenters. The van der Waals surface area contributed by atoms with Crippen molar-refractivity contribution in [2.45, 2.75) is 44.9 Å². The van der Waals surface area contributed by atoms with Crippen LogP contribution in [-0.2, 0) is 4.74 Å². The Morgan fingerprint density at radius 3 is 2.70 bits per heavy atom. The first kappa shape index (κ1) is 13.6. The lowest BCUT2D eigenvalue weighted by atomic mass is 10.2. The lowest BCUT2D eigenvalue weighted by molar-refractivity contribution is 0.0306. The molecule has 2 unspecified atom stereocenters. The van der Waals surface area contributed by atoms with Gasteiger partial charge in [-0.15, -0.1) is 0 Å². The zero-order chi connectivity index (χ0) is 14.3. The van der Waals surface area contributed by atoms with Gasteiger partial charge in [-0.2, -0.15) is 4.37 Å². The SMILES string of the molecule is CC(C)NC(=O)c1c(N)nsc1N1CC2CCC(C1)O2. The minimum Gasteiger partial charge on any atom is -0.382 e. The molecule has 0 spiro atoms. The van der Waals surface area contributed by atoms with Crippen LogP contribution in [0.2, 0.25) is 0 Å². The minimum atomic E-state index is -0.139. The summed E-state index contributed by atoms with van der Waals surface area (Å²) in [5, 5.41) is 3.77. The molecule has 6 nitrogen and oxygen atoms in total. The Morgan fingerprint density at radius 2 is 2.10 bits per heavy atom. The Labute approximate surface area is 122 Å². The first-order chi connectivity index (χ1) is 9.54. The lowest BCUT2D eigenvalue weighted by Crippen LogP contribution is -2.43. The fraction of sp³-hybridized carbons (Fsp3) is 0.692. The molecule has 0 aromatic carbocycles. The van der Waals surface area contributed by atoms with Gasteiger partial charge in [-0.1, -0.05) is 0 Å². The molecule has 2 fully saturated rings. The second kappa shape index (κ2) is 5.21. The van der Waals surface area contributed by atoms with Crippen molar-refractivity contribution >= 4 is 28.3 Å². The summed E-state index contributed by atoms with van der Waals surface area (Å²) < 4.78 is 10.00. The summed E-state index contributed by atoms with van der Waals surface area (Å²) in [6, 6.07) is 0.0792. The van der Waals surface area contributed by atoms with Gasteiger partial charge in [0.1, 0.15) is 10.6 Å². The molecule has 3 rings (SSSR count). The number of aromatic nitrogens is 1. The topological polar surface area (TPSA) is 80.5 Å². The van der Waals surface area contributed by atoms with Crippen molar-refractivity contribution in [1.82, 2.24) is 9.69 Å². The molecule has 3 N–H and O–H groups in total. The maximum atomic E-state index is 12.3. The van der Waals surface area contributed by atoms with Gasteiger partial charge in [0.25, 0.3) is 5.91 Å². The first-order valence-electron chi connectivity index (χ1n) is 7.01. The molecule has 0 radical (unpaired) electrons. The summed E-state index contributed by atoms with van der Waals surface area (Å²) in [6.07, 6.45) is 2.75. The number of carbonyl (C=O) groups is 1. The van der Waals surface area contributed by atoms with Crippen molar-refractivity contribution in [3.63, 3.8) is 0 Å². The number of morpholine rings is 1. The van der Waals surface area contributed by atoms with E-state index >= 15 is 0 Å². The van der Waals surface area contributed by atoms with Crippen LogP contribution in [0.1, 0.15) is 37.0 Å². The highest BCUT2D eigenvalue weighted by Crippen LogP contribution is 2.36. The molecule has 110 valence electrons. The van der Waals surface area contributed by atoms with Crippen molar-refractivity contribution in [2.75, 3.05) is 23.7 Å². The van der Waals surface area contributed by atoms with E-state index in [4.69, 9.17) is 10.5 Å². The lowest BCUT2D eigenvalue weighted by Gasteiger charge is -2.33. The summed E-state index contributed by atoms with van der Waals surface area (Å²) >= 11 is 1.30. The molecule has 3 heterocycles. The Hall–Kier alpha value is -1.34. The van der Waals surface area contributed by atoms with E-state index in [-0.39, 0.29) is 24.2 Å². The predicted molar refractivity (Wildman–Crippen MR) is 79.2 cm³/mol. The van der Waals surface area contributed by atoms with Gasteiger partial charge in [-0.3, -0.25) is 4.79 Å². The van der Waals surface area contributed by atoms with E-state index in [1.807, 2.05) is 13.8 Å². The maximum Gasteiger partial charge on any atom is 0.258 e.